The molecule has 1 aromatic carbocycles. The van der Waals surface area contributed by atoms with Crippen LogP contribution in [0.4, 0.5) is 4.39 Å². The second-order valence-corrected chi connectivity index (χ2v) is 8.95. The van der Waals surface area contributed by atoms with Gasteiger partial charge in [0.2, 0.25) is 0 Å². The van der Waals surface area contributed by atoms with Crippen LogP contribution in [0.3, 0.4) is 0 Å². The van der Waals surface area contributed by atoms with Gasteiger partial charge in [0.05, 0.1) is 29.0 Å². The highest BCUT2D eigenvalue weighted by molar-refractivity contribution is 6.35. The molecule has 0 bridgehead atoms. The van der Waals surface area contributed by atoms with Gasteiger partial charge >= 0.3 is 0 Å². The Labute approximate surface area is 192 Å². The molecule has 1 unspecified atom stereocenters. The first-order valence-electron chi connectivity index (χ1n) is 10.8. The fourth-order valence-corrected chi connectivity index (χ4v) is 4.60. The number of allylic oxidation sites excluding steroid dienone is 2. The minimum Gasteiger partial charge on any atom is -0.306 e. The van der Waals surface area contributed by atoms with Crippen molar-refractivity contribution in [3.8, 4) is 0 Å². The maximum absolute atomic E-state index is 14.5. The Balaban J connectivity index is 1.48. The van der Waals surface area contributed by atoms with Crippen LogP contribution in [0.25, 0.3) is 22.2 Å². The molecule has 0 amide bonds. The molecule has 3 aromatic rings. The standard InChI is InChI=1S/C26H24ClFN4/c1-32(2)19-6-3-16(4-7-19)17-13-25-24(30-15-17)10-9-23(31-25)20-11-12-29-26(20)21-14-18(27)5-8-22(21)28/h3,5,8-11,13-15,19H,4,6-7,12H2,1-2H3. The molecule has 5 rings (SSSR count). The van der Waals surface area contributed by atoms with E-state index in [-0.39, 0.29) is 5.82 Å². The van der Waals surface area contributed by atoms with Crippen LogP contribution in [0, 0.1) is 5.82 Å². The number of hydrogen-bond acceptors (Lipinski definition) is 4. The molecule has 2 aliphatic rings. The first-order chi connectivity index (χ1) is 15.5. The highest BCUT2D eigenvalue weighted by atomic mass is 35.5. The topological polar surface area (TPSA) is 41.4 Å². The average molecular weight is 447 g/mol. The third kappa shape index (κ3) is 3.98. The molecule has 162 valence electrons. The van der Waals surface area contributed by atoms with Gasteiger partial charge in [-0.1, -0.05) is 23.8 Å². The lowest BCUT2D eigenvalue weighted by Crippen LogP contribution is -2.28. The summed E-state index contributed by atoms with van der Waals surface area (Å²) in [6.07, 6.45) is 9.47. The van der Waals surface area contributed by atoms with E-state index in [2.05, 4.69) is 41.1 Å². The van der Waals surface area contributed by atoms with Crippen LogP contribution < -0.4 is 0 Å². The van der Waals surface area contributed by atoms with Crippen LogP contribution in [-0.4, -0.2) is 47.3 Å². The van der Waals surface area contributed by atoms with E-state index in [9.17, 15) is 4.39 Å². The highest BCUT2D eigenvalue weighted by Crippen LogP contribution is 2.31. The van der Waals surface area contributed by atoms with Gasteiger partial charge in [0.15, 0.2) is 0 Å². The van der Waals surface area contributed by atoms with Gasteiger partial charge in [-0.2, -0.15) is 0 Å². The van der Waals surface area contributed by atoms with E-state index in [1.54, 1.807) is 12.1 Å². The summed E-state index contributed by atoms with van der Waals surface area (Å²) in [4.78, 5) is 16.3. The zero-order valence-corrected chi connectivity index (χ0v) is 18.9. The number of pyridine rings is 2. The van der Waals surface area contributed by atoms with Gasteiger partial charge in [0.1, 0.15) is 5.82 Å². The fraction of sp³-hybridized carbons (Fsp3) is 0.269. The number of halogens is 2. The summed E-state index contributed by atoms with van der Waals surface area (Å²) < 4.78 is 14.5. The van der Waals surface area contributed by atoms with Crippen LogP contribution >= 0.6 is 11.6 Å². The molecule has 1 atom stereocenters. The number of fused-ring (bicyclic) bond motifs is 1. The summed E-state index contributed by atoms with van der Waals surface area (Å²) in [6.45, 7) is 0.495. The molecule has 6 heteroatoms. The van der Waals surface area contributed by atoms with Gasteiger partial charge < -0.3 is 4.90 Å². The van der Waals surface area contributed by atoms with Crippen LogP contribution in [0.15, 0.2) is 59.7 Å². The van der Waals surface area contributed by atoms with Crippen LogP contribution in [-0.2, 0) is 0 Å². The van der Waals surface area contributed by atoms with Crippen molar-refractivity contribution in [1.29, 1.82) is 0 Å². The lowest BCUT2D eigenvalue weighted by molar-refractivity contribution is 0.277. The summed E-state index contributed by atoms with van der Waals surface area (Å²) >= 11 is 6.11. The summed E-state index contributed by atoms with van der Waals surface area (Å²) in [6, 6.07) is 11.1. The third-order valence-corrected chi connectivity index (χ3v) is 6.52. The number of hydrogen-bond donors (Lipinski definition) is 0. The average Bonchev–Trinajstić information content (AvgIpc) is 3.29. The Morgan fingerprint density at radius 1 is 1.06 bits per heavy atom. The molecule has 0 saturated heterocycles. The predicted octanol–water partition coefficient (Wildman–Crippen LogP) is 5.81. The van der Waals surface area contributed by atoms with E-state index in [0.29, 0.717) is 28.9 Å². The Morgan fingerprint density at radius 3 is 2.72 bits per heavy atom. The third-order valence-electron chi connectivity index (χ3n) is 6.28. The van der Waals surface area contributed by atoms with Gasteiger partial charge in [-0.15, -0.1) is 0 Å². The number of aromatic nitrogens is 2. The van der Waals surface area contributed by atoms with Gasteiger partial charge in [-0.05, 0) is 80.9 Å². The van der Waals surface area contributed by atoms with Crippen molar-refractivity contribution in [2.75, 3.05) is 20.6 Å². The van der Waals surface area contributed by atoms with Crippen molar-refractivity contribution in [1.82, 2.24) is 14.9 Å². The van der Waals surface area contributed by atoms with E-state index in [0.717, 1.165) is 47.1 Å². The Kier molecular flexibility index (Phi) is 5.62. The highest BCUT2D eigenvalue weighted by Gasteiger charge is 2.21. The molecule has 1 aliphatic carbocycles. The van der Waals surface area contributed by atoms with Gasteiger partial charge in [-0.25, -0.2) is 9.37 Å². The van der Waals surface area contributed by atoms with Gasteiger partial charge in [0, 0.05) is 28.4 Å². The van der Waals surface area contributed by atoms with Crippen molar-refractivity contribution in [3.63, 3.8) is 0 Å². The van der Waals surface area contributed by atoms with E-state index in [1.807, 2.05) is 24.4 Å². The van der Waals surface area contributed by atoms with Crippen molar-refractivity contribution < 1.29 is 4.39 Å². The molecule has 2 aromatic heterocycles. The van der Waals surface area contributed by atoms with Crippen molar-refractivity contribution in [2.45, 2.75) is 25.3 Å². The first kappa shape index (κ1) is 21.0. The van der Waals surface area contributed by atoms with Crippen LogP contribution in [0.1, 0.15) is 36.1 Å². The Morgan fingerprint density at radius 2 is 1.94 bits per heavy atom. The second kappa shape index (κ2) is 8.57. The maximum Gasteiger partial charge on any atom is 0.132 e. The second-order valence-electron chi connectivity index (χ2n) is 8.51. The minimum absolute atomic E-state index is 0.342. The van der Waals surface area contributed by atoms with Gasteiger partial charge in [-0.3, -0.25) is 9.98 Å². The Hall–Kier alpha value is -2.89. The minimum atomic E-state index is -0.342. The Bertz CT molecular complexity index is 1290. The SMILES string of the molecule is CN(C)C1CC=C(c2cnc3ccc(C4=CCN=C4c4cc(Cl)ccc4F)nc3c2)CC1. The number of benzene rings is 1. The smallest absolute Gasteiger partial charge is 0.132 e. The van der Waals surface area contributed by atoms with E-state index >= 15 is 0 Å². The molecule has 1 aliphatic heterocycles. The number of nitrogens with zero attached hydrogens (tertiary/aromatic N) is 4. The monoisotopic (exact) mass is 446 g/mol. The molecule has 0 N–H and O–H groups in total. The largest absolute Gasteiger partial charge is 0.306 e. The fourth-order valence-electron chi connectivity index (χ4n) is 4.43. The normalized spacial score (nSPS) is 18.7. The van der Waals surface area contributed by atoms with Crippen molar-refractivity contribution in [2.24, 2.45) is 4.99 Å². The zero-order chi connectivity index (χ0) is 22.2. The lowest BCUT2D eigenvalue weighted by atomic mass is 9.91. The summed E-state index contributed by atoms with van der Waals surface area (Å²) in [5.74, 6) is -0.342. The van der Waals surface area contributed by atoms with Crippen molar-refractivity contribution >= 4 is 39.5 Å². The van der Waals surface area contributed by atoms with E-state index in [4.69, 9.17) is 16.6 Å². The van der Waals surface area contributed by atoms with Gasteiger partial charge in [0.25, 0.3) is 0 Å². The quantitative estimate of drug-likeness (QED) is 0.508. The van der Waals surface area contributed by atoms with Crippen molar-refractivity contribution in [3.05, 3.63) is 82.4 Å². The zero-order valence-electron chi connectivity index (χ0n) is 18.1. The summed E-state index contributed by atoms with van der Waals surface area (Å²) in [7, 11) is 4.27. The molecule has 0 fully saturated rings. The molecule has 0 saturated carbocycles. The lowest BCUT2D eigenvalue weighted by Gasteiger charge is -2.27. The van der Waals surface area contributed by atoms with Crippen LogP contribution in [0.5, 0.6) is 0 Å². The maximum atomic E-state index is 14.5. The number of aliphatic imine (C=N–C) groups is 1. The van der Waals surface area contributed by atoms with E-state index < -0.39 is 0 Å². The van der Waals surface area contributed by atoms with E-state index in [1.165, 1.54) is 11.6 Å². The molecule has 0 radical (unpaired) electrons. The molecule has 4 nitrogen and oxygen atoms in total. The predicted molar refractivity (Wildman–Crippen MR) is 130 cm³/mol. The van der Waals surface area contributed by atoms with Crippen LogP contribution in [0.2, 0.25) is 5.02 Å². The molecular formula is C26H24ClFN4. The molecule has 3 heterocycles. The number of rotatable bonds is 4. The molecule has 32 heavy (non-hydrogen) atoms. The molecule has 0 spiro atoms. The molecular weight excluding hydrogens is 423 g/mol. The first-order valence-corrected chi connectivity index (χ1v) is 11.2. The summed E-state index contributed by atoms with van der Waals surface area (Å²) in [5.41, 5.74) is 6.69. The summed E-state index contributed by atoms with van der Waals surface area (Å²) in [5, 5.41) is 0.480.